The molecule has 0 unspecified atom stereocenters. The number of esters is 2. The SMILES string of the molecule is CCOC(=O)CC(=O)OCC.N=C(N)c1ccc(F)cc1.O=c1cc(O)nc(-c2ccc(F)cc2)[nH]1. The van der Waals surface area contributed by atoms with Gasteiger partial charge in [-0.15, -0.1) is 0 Å². The zero-order valence-corrected chi connectivity index (χ0v) is 19.6. The summed E-state index contributed by atoms with van der Waals surface area (Å²) in [5.41, 5.74) is 5.74. The van der Waals surface area contributed by atoms with E-state index in [1.165, 1.54) is 48.5 Å². The summed E-state index contributed by atoms with van der Waals surface area (Å²) < 4.78 is 33.9. The van der Waals surface area contributed by atoms with Crippen molar-refractivity contribution in [2.75, 3.05) is 13.2 Å². The van der Waals surface area contributed by atoms with Gasteiger partial charge in [0.05, 0.1) is 19.3 Å². The lowest BCUT2D eigenvalue weighted by Gasteiger charge is -2.00. The summed E-state index contributed by atoms with van der Waals surface area (Å²) in [6.45, 7) is 3.95. The minimum absolute atomic E-state index is 0.0417. The number of aromatic hydroxyl groups is 1. The molecule has 192 valence electrons. The molecule has 0 aliphatic carbocycles. The van der Waals surface area contributed by atoms with E-state index in [4.69, 9.17) is 16.2 Å². The maximum absolute atomic E-state index is 12.6. The molecule has 0 spiro atoms. The van der Waals surface area contributed by atoms with E-state index in [1.54, 1.807) is 13.8 Å². The number of nitrogens with zero attached hydrogens (tertiary/aromatic N) is 1. The number of carbonyl (C=O) groups is 2. The Labute approximate surface area is 205 Å². The molecule has 3 aromatic rings. The molecule has 0 atom stereocenters. The van der Waals surface area contributed by atoms with Crippen LogP contribution in [0.25, 0.3) is 11.4 Å². The van der Waals surface area contributed by atoms with Gasteiger partial charge in [0.15, 0.2) is 0 Å². The van der Waals surface area contributed by atoms with Crippen molar-refractivity contribution in [1.82, 2.24) is 9.97 Å². The Morgan fingerprint density at radius 1 is 0.972 bits per heavy atom. The van der Waals surface area contributed by atoms with Crippen LogP contribution in [0.15, 0.2) is 59.4 Å². The first-order valence-corrected chi connectivity index (χ1v) is 10.5. The molecule has 0 bridgehead atoms. The number of aromatic amines is 1. The predicted molar refractivity (Wildman–Crippen MR) is 127 cm³/mol. The zero-order chi connectivity index (χ0) is 27.1. The summed E-state index contributed by atoms with van der Waals surface area (Å²) in [4.78, 5) is 38.4. The number of aromatic nitrogens is 2. The first kappa shape index (κ1) is 29.4. The van der Waals surface area contributed by atoms with E-state index in [0.29, 0.717) is 11.1 Å². The van der Waals surface area contributed by atoms with Crippen molar-refractivity contribution < 1.29 is 33.0 Å². The van der Waals surface area contributed by atoms with Crippen molar-refractivity contribution in [2.24, 2.45) is 5.73 Å². The summed E-state index contributed by atoms with van der Waals surface area (Å²) in [5, 5.41) is 16.1. The van der Waals surface area contributed by atoms with Crippen LogP contribution >= 0.6 is 0 Å². The second kappa shape index (κ2) is 15.3. The van der Waals surface area contributed by atoms with Crippen LogP contribution in [0.4, 0.5) is 8.78 Å². The highest BCUT2D eigenvalue weighted by Gasteiger charge is 2.09. The Balaban J connectivity index is 0.000000278. The Kier molecular flexibility index (Phi) is 12.5. The maximum Gasteiger partial charge on any atom is 0.317 e. The molecule has 5 N–H and O–H groups in total. The summed E-state index contributed by atoms with van der Waals surface area (Å²) >= 11 is 0. The van der Waals surface area contributed by atoms with Gasteiger partial charge in [-0.1, -0.05) is 0 Å². The van der Waals surface area contributed by atoms with E-state index in [1.807, 2.05) is 0 Å². The van der Waals surface area contributed by atoms with Crippen LogP contribution in [0.2, 0.25) is 0 Å². The van der Waals surface area contributed by atoms with Gasteiger partial charge >= 0.3 is 11.9 Å². The van der Waals surface area contributed by atoms with E-state index < -0.39 is 17.5 Å². The molecule has 1 aromatic heterocycles. The van der Waals surface area contributed by atoms with Gasteiger partial charge in [-0.2, -0.15) is 4.98 Å². The van der Waals surface area contributed by atoms with Crippen molar-refractivity contribution in [2.45, 2.75) is 20.3 Å². The first-order valence-electron chi connectivity index (χ1n) is 10.5. The van der Waals surface area contributed by atoms with E-state index in [2.05, 4.69) is 19.4 Å². The van der Waals surface area contributed by atoms with Gasteiger partial charge in [0.2, 0.25) is 5.88 Å². The average Bonchev–Trinajstić information content (AvgIpc) is 2.80. The highest BCUT2D eigenvalue weighted by molar-refractivity contribution is 5.94. The minimum atomic E-state index is -0.536. The van der Waals surface area contributed by atoms with Crippen molar-refractivity contribution in [3.8, 4) is 17.3 Å². The third-order valence-electron chi connectivity index (χ3n) is 3.90. The zero-order valence-electron chi connectivity index (χ0n) is 19.6. The number of rotatable bonds is 6. The average molecular weight is 504 g/mol. The van der Waals surface area contributed by atoms with Gasteiger partial charge in [-0.3, -0.25) is 19.8 Å². The third-order valence-corrected chi connectivity index (χ3v) is 3.90. The smallest absolute Gasteiger partial charge is 0.317 e. The van der Waals surface area contributed by atoms with Gasteiger partial charge in [0, 0.05) is 11.1 Å². The maximum atomic E-state index is 12.6. The number of nitrogens with two attached hydrogens (primary N) is 1. The predicted octanol–water partition coefficient (Wildman–Crippen LogP) is 2.89. The fourth-order valence-corrected chi connectivity index (χ4v) is 2.36. The van der Waals surface area contributed by atoms with Gasteiger partial charge in [0.1, 0.15) is 29.7 Å². The molecular weight excluding hydrogens is 478 g/mol. The fraction of sp³-hybridized carbons (Fsp3) is 0.208. The standard InChI is InChI=1S/C10H7FN2O2.C7H7FN2.C7H12O4/c11-7-3-1-6(2-4-7)10-12-8(14)5-9(15)13-10;8-6-3-1-5(2-4-6)7(9)10;1-3-10-6(8)5-7(9)11-4-2/h1-5H,(H2,12,13,14,15);1-4H,(H3,9,10);3-5H2,1-2H3. The van der Waals surface area contributed by atoms with E-state index >= 15 is 0 Å². The minimum Gasteiger partial charge on any atom is -0.493 e. The highest BCUT2D eigenvalue weighted by atomic mass is 19.1. The molecule has 36 heavy (non-hydrogen) atoms. The van der Waals surface area contributed by atoms with E-state index in [0.717, 1.165) is 6.07 Å². The summed E-state index contributed by atoms with van der Waals surface area (Å²) in [6.07, 6.45) is -0.290. The Morgan fingerprint density at radius 3 is 1.86 bits per heavy atom. The summed E-state index contributed by atoms with van der Waals surface area (Å²) in [7, 11) is 0. The van der Waals surface area contributed by atoms with Crippen LogP contribution in [0.5, 0.6) is 5.88 Å². The van der Waals surface area contributed by atoms with Gasteiger partial charge in [0.25, 0.3) is 5.56 Å². The molecule has 10 nitrogen and oxygen atoms in total. The molecule has 12 heteroatoms. The number of amidine groups is 1. The Bertz CT molecular complexity index is 1180. The second-order valence-corrected chi connectivity index (χ2v) is 6.67. The number of hydrogen-bond donors (Lipinski definition) is 4. The van der Waals surface area contributed by atoms with Crippen LogP contribution in [0.1, 0.15) is 25.8 Å². The van der Waals surface area contributed by atoms with Crippen LogP contribution in [-0.2, 0) is 19.1 Å². The van der Waals surface area contributed by atoms with Gasteiger partial charge < -0.3 is 25.3 Å². The normalized spacial score (nSPS) is 9.56. The first-order chi connectivity index (χ1) is 17.0. The lowest BCUT2D eigenvalue weighted by atomic mass is 10.2. The van der Waals surface area contributed by atoms with Crippen molar-refractivity contribution in [3.05, 3.63) is 82.1 Å². The van der Waals surface area contributed by atoms with E-state index in [9.17, 15) is 23.2 Å². The molecule has 1 heterocycles. The molecule has 0 radical (unpaired) electrons. The lowest BCUT2D eigenvalue weighted by molar-refractivity contribution is -0.153. The Hall–Kier alpha value is -4.61. The number of nitrogen functional groups attached to an aromatic ring is 1. The lowest BCUT2D eigenvalue weighted by Crippen LogP contribution is -2.13. The molecule has 0 aliphatic rings. The summed E-state index contributed by atoms with van der Waals surface area (Å²) in [5.74, 6) is -1.96. The molecule has 0 saturated carbocycles. The fourth-order valence-electron chi connectivity index (χ4n) is 2.36. The molecule has 2 aromatic carbocycles. The number of ether oxygens (including phenoxy) is 2. The van der Waals surface area contributed by atoms with Crippen molar-refractivity contribution >= 4 is 17.8 Å². The summed E-state index contributed by atoms with van der Waals surface area (Å²) in [6, 6.07) is 11.9. The Morgan fingerprint density at radius 2 is 1.44 bits per heavy atom. The van der Waals surface area contributed by atoms with E-state index in [-0.39, 0.29) is 48.8 Å². The number of carbonyl (C=O) groups excluding carboxylic acids is 2. The van der Waals surface area contributed by atoms with Crippen LogP contribution < -0.4 is 11.3 Å². The van der Waals surface area contributed by atoms with Crippen LogP contribution in [-0.4, -0.2) is 46.1 Å². The molecule has 0 aliphatic heterocycles. The number of halogens is 2. The topological polar surface area (TPSA) is 168 Å². The highest BCUT2D eigenvalue weighted by Crippen LogP contribution is 2.15. The monoisotopic (exact) mass is 504 g/mol. The van der Waals surface area contributed by atoms with Gasteiger partial charge in [-0.05, 0) is 62.4 Å². The molecule has 0 fully saturated rings. The quantitative estimate of drug-likeness (QED) is 0.172. The number of nitrogens with one attached hydrogen (secondary N) is 2. The molecule has 3 rings (SSSR count). The molecule has 0 saturated heterocycles. The third kappa shape index (κ3) is 11.5. The number of H-pyrrole nitrogens is 1. The van der Waals surface area contributed by atoms with Gasteiger partial charge in [-0.25, -0.2) is 8.78 Å². The second-order valence-electron chi connectivity index (χ2n) is 6.67. The van der Waals surface area contributed by atoms with Crippen molar-refractivity contribution in [1.29, 1.82) is 5.41 Å². The van der Waals surface area contributed by atoms with Crippen LogP contribution in [0, 0.1) is 17.0 Å². The number of benzene rings is 2. The van der Waals surface area contributed by atoms with Crippen LogP contribution in [0.3, 0.4) is 0 Å². The largest absolute Gasteiger partial charge is 0.493 e. The molecular formula is C24H26F2N4O6. The van der Waals surface area contributed by atoms with Crippen molar-refractivity contribution in [3.63, 3.8) is 0 Å². The molecule has 0 amide bonds. The number of hydrogen-bond acceptors (Lipinski definition) is 8.